The second-order valence-electron chi connectivity index (χ2n) is 3.35. The van der Waals surface area contributed by atoms with Crippen molar-refractivity contribution in [3.8, 4) is 0 Å². The number of rotatable bonds is 4. The van der Waals surface area contributed by atoms with Crippen LogP contribution in [0.1, 0.15) is 27.2 Å². The van der Waals surface area contributed by atoms with Crippen LogP contribution in [0.5, 0.6) is 0 Å². The van der Waals surface area contributed by atoms with E-state index in [9.17, 15) is 10.2 Å². The van der Waals surface area contributed by atoms with Gasteiger partial charge >= 0.3 is 0 Å². The zero-order chi connectivity index (χ0) is 9.07. The molecule has 11 heavy (non-hydrogen) atoms. The molecule has 2 nitrogen and oxygen atoms in total. The van der Waals surface area contributed by atoms with Crippen LogP contribution in [0.3, 0.4) is 0 Å². The van der Waals surface area contributed by atoms with E-state index in [2.05, 4.69) is 6.58 Å². The van der Waals surface area contributed by atoms with E-state index >= 15 is 0 Å². The van der Waals surface area contributed by atoms with Gasteiger partial charge in [0.2, 0.25) is 0 Å². The molecule has 0 aliphatic carbocycles. The first-order chi connectivity index (χ1) is 4.95. The maximum Gasteiger partial charge on any atom is 0.0593 e. The highest BCUT2D eigenvalue weighted by Crippen LogP contribution is 2.30. The standard InChI is InChI=1S/C9H18O2/c1-5-6-9(4,7(2)10)8(3)11/h5,7-8,10-11H,1,6H2,2-4H3/t7-,8-/m0/s1. The summed E-state index contributed by atoms with van der Waals surface area (Å²) >= 11 is 0. The van der Waals surface area contributed by atoms with Gasteiger partial charge in [0, 0.05) is 5.41 Å². The summed E-state index contributed by atoms with van der Waals surface area (Å²) in [4.78, 5) is 0. The van der Waals surface area contributed by atoms with E-state index in [0.29, 0.717) is 6.42 Å². The molecule has 0 fully saturated rings. The van der Waals surface area contributed by atoms with Gasteiger partial charge in [-0.2, -0.15) is 0 Å². The molecule has 0 aliphatic heterocycles. The molecular weight excluding hydrogens is 140 g/mol. The van der Waals surface area contributed by atoms with Gasteiger partial charge < -0.3 is 10.2 Å². The fraction of sp³-hybridized carbons (Fsp3) is 0.778. The number of allylic oxidation sites excluding steroid dienone is 1. The van der Waals surface area contributed by atoms with Crippen molar-refractivity contribution in [2.24, 2.45) is 5.41 Å². The topological polar surface area (TPSA) is 40.5 Å². The summed E-state index contributed by atoms with van der Waals surface area (Å²) in [7, 11) is 0. The minimum Gasteiger partial charge on any atom is -0.393 e. The molecule has 0 rings (SSSR count). The lowest BCUT2D eigenvalue weighted by molar-refractivity contribution is -0.0396. The quantitative estimate of drug-likeness (QED) is 0.606. The van der Waals surface area contributed by atoms with Crippen LogP contribution < -0.4 is 0 Å². The van der Waals surface area contributed by atoms with Crippen molar-refractivity contribution in [1.29, 1.82) is 0 Å². The van der Waals surface area contributed by atoms with Crippen LogP contribution in [0.15, 0.2) is 12.7 Å². The summed E-state index contributed by atoms with van der Waals surface area (Å²) in [5.74, 6) is 0. The van der Waals surface area contributed by atoms with E-state index in [-0.39, 0.29) is 0 Å². The minimum absolute atomic E-state index is 0.457. The minimum atomic E-state index is -0.513. The first-order valence-electron chi connectivity index (χ1n) is 3.92. The number of hydrogen-bond donors (Lipinski definition) is 2. The number of aliphatic hydroxyl groups excluding tert-OH is 2. The molecule has 0 heterocycles. The smallest absolute Gasteiger partial charge is 0.0593 e. The molecule has 0 saturated heterocycles. The van der Waals surface area contributed by atoms with Gasteiger partial charge in [0.05, 0.1) is 12.2 Å². The average Bonchev–Trinajstić information content (AvgIpc) is 1.87. The molecule has 66 valence electrons. The lowest BCUT2D eigenvalue weighted by Gasteiger charge is -2.34. The zero-order valence-electron chi connectivity index (χ0n) is 7.54. The first kappa shape index (κ1) is 10.7. The van der Waals surface area contributed by atoms with Crippen LogP contribution in [-0.2, 0) is 0 Å². The Bertz CT molecular complexity index is 120. The van der Waals surface area contributed by atoms with E-state index < -0.39 is 17.6 Å². The summed E-state index contributed by atoms with van der Waals surface area (Å²) in [5.41, 5.74) is -0.457. The molecule has 2 N–H and O–H groups in total. The van der Waals surface area contributed by atoms with Crippen molar-refractivity contribution in [2.75, 3.05) is 0 Å². The predicted molar refractivity (Wildman–Crippen MR) is 46.3 cm³/mol. The SMILES string of the molecule is C=CCC(C)([C@H](C)O)[C@H](C)O. The van der Waals surface area contributed by atoms with Crippen LogP contribution >= 0.6 is 0 Å². The van der Waals surface area contributed by atoms with Crippen LogP contribution in [0, 0.1) is 5.41 Å². The highest BCUT2D eigenvalue weighted by atomic mass is 16.3. The monoisotopic (exact) mass is 158 g/mol. The third-order valence-corrected chi connectivity index (χ3v) is 2.49. The highest BCUT2D eigenvalue weighted by Gasteiger charge is 2.33. The molecule has 0 unspecified atom stereocenters. The molecule has 2 atom stereocenters. The summed E-state index contributed by atoms with van der Waals surface area (Å²) < 4.78 is 0. The molecular formula is C9H18O2. The van der Waals surface area contributed by atoms with E-state index in [0.717, 1.165) is 0 Å². The Balaban J connectivity index is 4.37. The Morgan fingerprint density at radius 1 is 1.36 bits per heavy atom. The summed E-state index contributed by atoms with van der Waals surface area (Å²) in [6.07, 6.45) is 1.32. The predicted octanol–water partition coefficient (Wildman–Crippen LogP) is 1.33. The first-order valence-corrected chi connectivity index (χ1v) is 3.92. The fourth-order valence-corrected chi connectivity index (χ4v) is 1.00. The molecule has 0 aromatic carbocycles. The van der Waals surface area contributed by atoms with E-state index in [1.54, 1.807) is 19.9 Å². The number of hydrogen-bond acceptors (Lipinski definition) is 2. The highest BCUT2D eigenvalue weighted by molar-refractivity contribution is 4.90. The van der Waals surface area contributed by atoms with Crippen LogP contribution in [0.2, 0.25) is 0 Å². The molecule has 0 aliphatic rings. The van der Waals surface area contributed by atoms with Crippen LogP contribution in [-0.4, -0.2) is 22.4 Å². The Morgan fingerprint density at radius 3 is 1.82 bits per heavy atom. The Morgan fingerprint density at radius 2 is 1.73 bits per heavy atom. The molecule has 0 aromatic rings. The van der Waals surface area contributed by atoms with Gasteiger partial charge in [0.25, 0.3) is 0 Å². The van der Waals surface area contributed by atoms with Gasteiger partial charge in [-0.15, -0.1) is 6.58 Å². The lowest BCUT2D eigenvalue weighted by Crippen LogP contribution is -2.39. The normalized spacial score (nSPS) is 17.5. The van der Waals surface area contributed by atoms with E-state index in [1.807, 2.05) is 6.92 Å². The maximum atomic E-state index is 9.37. The second-order valence-corrected chi connectivity index (χ2v) is 3.35. The molecule has 2 heteroatoms. The summed E-state index contributed by atoms with van der Waals surface area (Å²) in [5, 5.41) is 18.7. The third-order valence-electron chi connectivity index (χ3n) is 2.49. The third kappa shape index (κ3) is 2.31. The van der Waals surface area contributed by atoms with Gasteiger partial charge in [-0.25, -0.2) is 0 Å². The van der Waals surface area contributed by atoms with Gasteiger partial charge in [0.1, 0.15) is 0 Å². The van der Waals surface area contributed by atoms with Gasteiger partial charge in [-0.3, -0.25) is 0 Å². The maximum absolute atomic E-state index is 9.37. The molecule has 0 aromatic heterocycles. The summed E-state index contributed by atoms with van der Waals surface area (Å²) in [6.45, 7) is 8.82. The van der Waals surface area contributed by atoms with Crippen molar-refractivity contribution in [2.45, 2.75) is 39.4 Å². The van der Waals surface area contributed by atoms with Crippen molar-refractivity contribution >= 4 is 0 Å². The van der Waals surface area contributed by atoms with Crippen molar-refractivity contribution in [1.82, 2.24) is 0 Å². The van der Waals surface area contributed by atoms with Crippen LogP contribution in [0.25, 0.3) is 0 Å². The number of aliphatic hydroxyl groups is 2. The summed E-state index contributed by atoms with van der Waals surface area (Å²) in [6, 6.07) is 0. The van der Waals surface area contributed by atoms with Gasteiger partial charge in [0.15, 0.2) is 0 Å². The molecule has 0 bridgehead atoms. The van der Waals surface area contributed by atoms with Crippen molar-refractivity contribution < 1.29 is 10.2 Å². The lowest BCUT2D eigenvalue weighted by atomic mass is 9.77. The Labute approximate surface area is 68.6 Å². The second kappa shape index (κ2) is 3.88. The fourth-order valence-electron chi connectivity index (χ4n) is 1.00. The van der Waals surface area contributed by atoms with Gasteiger partial charge in [-0.1, -0.05) is 13.0 Å². The average molecular weight is 158 g/mol. The van der Waals surface area contributed by atoms with Crippen molar-refractivity contribution in [3.63, 3.8) is 0 Å². The molecule has 0 amide bonds. The largest absolute Gasteiger partial charge is 0.393 e. The molecule has 0 spiro atoms. The van der Waals surface area contributed by atoms with Crippen molar-refractivity contribution in [3.05, 3.63) is 12.7 Å². The Hall–Kier alpha value is -0.340. The molecule has 0 radical (unpaired) electrons. The van der Waals surface area contributed by atoms with Crippen LogP contribution in [0.4, 0.5) is 0 Å². The van der Waals surface area contributed by atoms with E-state index in [4.69, 9.17) is 0 Å². The molecule has 0 saturated carbocycles. The Kier molecular flexibility index (Phi) is 3.76. The zero-order valence-corrected chi connectivity index (χ0v) is 7.54. The van der Waals surface area contributed by atoms with Gasteiger partial charge in [-0.05, 0) is 20.3 Å². The van der Waals surface area contributed by atoms with E-state index in [1.165, 1.54) is 0 Å².